The largest absolute Gasteiger partial charge is 0.364 e. The second-order valence-corrected chi connectivity index (χ2v) is 2.36. The van der Waals surface area contributed by atoms with Gasteiger partial charge in [0.1, 0.15) is 6.23 Å². The van der Waals surface area contributed by atoms with Gasteiger partial charge >= 0.3 is 0 Å². The molecule has 1 atom stereocenters. The smallest absolute Gasteiger partial charge is 0.135 e. The van der Waals surface area contributed by atoms with Gasteiger partial charge in [0.25, 0.3) is 0 Å². The fraction of sp³-hybridized carbons (Fsp3) is 1.00. The first-order valence-corrected chi connectivity index (χ1v) is 3.21. The van der Waals surface area contributed by atoms with E-state index in [0.29, 0.717) is 0 Å². The van der Waals surface area contributed by atoms with E-state index < -0.39 is 0 Å². The summed E-state index contributed by atoms with van der Waals surface area (Å²) in [6.45, 7) is 2.92. The molecule has 1 aliphatic heterocycles. The minimum Gasteiger partial charge on any atom is -0.364 e. The molecule has 1 aliphatic rings. The Kier molecular flexibility index (Phi) is 2.45. The molecule has 1 unspecified atom stereocenters. The van der Waals surface area contributed by atoms with E-state index >= 15 is 0 Å². The molecule has 0 aromatic carbocycles. The molecule has 9 heavy (non-hydrogen) atoms. The number of nitrogens with zero attached hydrogens (tertiary/aromatic N) is 2. The van der Waals surface area contributed by atoms with E-state index in [4.69, 9.17) is 4.74 Å². The zero-order valence-corrected chi connectivity index (χ0v) is 6.00. The Morgan fingerprint density at radius 2 is 2.44 bits per heavy atom. The average molecular weight is 129 g/mol. The normalized spacial score (nSPS) is 30.7. The molecule has 0 spiro atoms. The molecule has 0 aromatic heterocycles. The van der Waals surface area contributed by atoms with Gasteiger partial charge in [0.2, 0.25) is 0 Å². The van der Waals surface area contributed by atoms with Crippen molar-refractivity contribution in [2.24, 2.45) is 0 Å². The highest BCUT2D eigenvalue weighted by atomic mass is 16.5. The fourth-order valence-corrected chi connectivity index (χ4v) is 0.937. The third-order valence-corrected chi connectivity index (χ3v) is 1.55. The van der Waals surface area contributed by atoms with E-state index in [1.54, 1.807) is 7.11 Å². The highest BCUT2D eigenvalue weighted by molar-refractivity contribution is 4.67. The predicted octanol–water partition coefficient (Wildman–Crippen LogP) is -0.491. The van der Waals surface area contributed by atoms with E-state index in [1.807, 2.05) is 0 Å². The Morgan fingerprint density at radius 3 is 2.89 bits per heavy atom. The number of rotatable bonds is 1. The summed E-state index contributed by atoms with van der Waals surface area (Å²) in [5.41, 5.74) is 0. The number of piperazine rings is 1. The topological polar surface area (TPSA) is 26.6 Å². The molecule has 1 heterocycles. The van der Waals surface area contributed by atoms with Crippen molar-refractivity contribution in [2.75, 3.05) is 33.8 Å². The maximum Gasteiger partial charge on any atom is 0.135 e. The molecule has 3 heteroatoms. The SMILES string of the molecule is COC1CN(C)CC[N]1. The third-order valence-electron chi connectivity index (χ3n) is 1.55. The van der Waals surface area contributed by atoms with Crippen molar-refractivity contribution in [3.8, 4) is 0 Å². The molecule has 3 nitrogen and oxygen atoms in total. The first kappa shape index (κ1) is 6.99. The lowest BCUT2D eigenvalue weighted by Gasteiger charge is -2.27. The first-order valence-electron chi connectivity index (χ1n) is 3.21. The summed E-state index contributed by atoms with van der Waals surface area (Å²) >= 11 is 0. The molecule has 1 radical (unpaired) electrons. The number of ether oxygens (including phenoxy) is 1. The summed E-state index contributed by atoms with van der Waals surface area (Å²) in [6.07, 6.45) is 0.115. The van der Waals surface area contributed by atoms with Crippen molar-refractivity contribution in [3.63, 3.8) is 0 Å². The van der Waals surface area contributed by atoms with E-state index in [1.165, 1.54) is 0 Å². The summed E-state index contributed by atoms with van der Waals surface area (Å²) in [7, 11) is 3.79. The van der Waals surface area contributed by atoms with Crippen LogP contribution < -0.4 is 5.32 Å². The van der Waals surface area contributed by atoms with Crippen LogP contribution in [0.15, 0.2) is 0 Å². The van der Waals surface area contributed by atoms with Gasteiger partial charge in [-0.25, -0.2) is 5.32 Å². The molecule has 1 saturated heterocycles. The van der Waals surface area contributed by atoms with Crippen molar-refractivity contribution < 1.29 is 4.74 Å². The van der Waals surface area contributed by atoms with Crippen LogP contribution in [0.4, 0.5) is 0 Å². The van der Waals surface area contributed by atoms with Crippen molar-refractivity contribution in [1.82, 2.24) is 10.2 Å². The highest BCUT2D eigenvalue weighted by Gasteiger charge is 2.15. The molecule has 1 rings (SSSR count). The van der Waals surface area contributed by atoms with E-state index in [2.05, 4.69) is 17.3 Å². The van der Waals surface area contributed by atoms with Crippen LogP contribution in [0.2, 0.25) is 0 Å². The molecule has 0 amide bonds. The van der Waals surface area contributed by atoms with Gasteiger partial charge in [-0.2, -0.15) is 0 Å². The van der Waals surface area contributed by atoms with Gasteiger partial charge < -0.3 is 9.64 Å². The molecule has 0 aromatic rings. The zero-order chi connectivity index (χ0) is 6.69. The lowest BCUT2D eigenvalue weighted by atomic mass is 10.4. The summed E-state index contributed by atoms with van der Waals surface area (Å²) < 4.78 is 5.05. The van der Waals surface area contributed by atoms with Crippen LogP contribution in [0.1, 0.15) is 0 Å². The molecule has 0 N–H and O–H groups in total. The summed E-state index contributed by atoms with van der Waals surface area (Å²) in [5.74, 6) is 0. The van der Waals surface area contributed by atoms with Crippen LogP contribution in [0.25, 0.3) is 0 Å². The van der Waals surface area contributed by atoms with Gasteiger partial charge in [-0.3, -0.25) is 0 Å². The summed E-state index contributed by atoms with van der Waals surface area (Å²) in [6, 6.07) is 0. The van der Waals surface area contributed by atoms with E-state index in [-0.39, 0.29) is 6.23 Å². The number of methoxy groups -OCH3 is 1. The van der Waals surface area contributed by atoms with Gasteiger partial charge in [-0.15, -0.1) is 0 Å². The number of hydrogen-bond acceptors (Lipinski definition) is 2. The second kappa shape index (κ2) is 3.15. The van der Waals surface area contributed by atoms with Crippen LogP contribution in [-0.2, 0) is 4.74 Å². The Bertz CT molecular complexity index is 87.1. The van der Waals surface area contributed by atoms with Crippen molar-refractivity contribution in [2.45, 2.75) is 6.23 Å². The highest BCUT2D eigenvalue weighted by Crippen LogP contribution is 1.96. The quantitative estimate of drug-likeness (QED) is 0.477. The van der Waals surface area contributed by atoms with Crippen molar-refractivity contribution >= 4 is 0 Å². The van der Waals surface area contributed by atoms with Crippen LogP contribution in [0, 0.1) is 0 Å². The van der Waals surface area contributed by atoms with Gasteiger partial charge in [-0.1, -0.05) is 0 Å². The minimum atomic E-state index is 0.115. The van der Waals surface area contributed by atoms with Gasteiger partial charge in [0.05, 0.1) is 0 Å². The van der Waals surface area contributed by atoms with Crippen LogP contribution in [0.5, 0.6) is 0 Å². The van der Waals surface area contributed by atoms with Crippen LogP contribution >= 0.6 is 0 Å². The zero-order valence-electron chi connectivity index (χ0n) is 6.00. The van der Waals surface area contributed by atoms with E-state index in [9.17, 15) is 0 Å². The maximum atomic E-state index is 5.05. The molecular weight excluding hydrogens is 116 g/mol. The monoisotopic (exact) mass is 129 g/mol. The average Bonchev–Trinajstić information content (AvgIpc) is 1.88. The predicted molar refractivity (Wildman–Crippen MR) is 35.3 cm³/mol. The van der Waals surface area contributed by atoms with Gasteiger partial charge in [0.15, 0.2) is 0 Å². The molecule has 53 valence electrons. The third kappa shape index (κ3) is 1.93. The molecule has 0 saturated carbocycles. The Morgan fingerprint density at radius 1 is 1.67 bits per heavy atom. The number of hydrogen-bond donors (Lipinski definition) is 0. The van der Waals surface area contributed by atoms with Gasteiger partial charge in [0, 0.05) is 26.7 Å². The van der Waals surface area contributed by atoms with Crippen LogP contribution in [-0.4, -0.2) is 44.9 Å². The Balaban J connectivity index is 2.23. The first-order chi connectivity index (χ1) is 4.33. The molecular formula is C6H13N2O. The lowest BCUT2D eigenvalue weighted by molar-refractivity contribution is 0.0214. The standard InChI is InChI=1S/C6H13N2O/c1-8-4-3-7-6(5-8)9-2/h6H,3-5H2,1-2H3. The molecule has 1 fully saturated rings. The van der Waals surface area contributed by atoms with E-state index in [0.717, 1.165) is 19.6 Å². The second-order valence-electron chi connectivity index (χ2n) is 2.36. The number of likely N-dealkylation sites (N-methyl/N-ethyl adjacent to an activating group) is 1. The summed E-state index contributed by atoms with van der Waals surface area (Å²) in [5, 5.41) is 4.23. The fourth-order valence-electron chi connectivity index (χ4n) is 0.937. The lowest BCUT2D eigenvalue weighted by Crippen LogP contribution is -2.45. The van der Waals surface area contributed by atoms with Gasteiger partial charge in [-0.05, 0) is 7.05 Å². The summed E-state index contributed by atoms with van der Waals surface area (Å²) in [4.78, 5) is 2.22. The van der Waals surface area contributed by atoms with Crippen molar-refractivity contribution in [3.05, 3.63) is 0 Å². The van der Waals surface area contributed by atoms with Crippen molar-refractivity contribution in [1.29, 1.82) is 0 Å². The Labute approximate surface area is 56.0 Å². The Hall–Kier alpha value is -0.120. The molecule has 0 bridgehead atoms. The van der Waals surface area contributed by atoms with Crippen LogP contribution in [0.3, 0.4) is 0 Å². The minimum absolute atomic E-state index is 0.115. The maximum absolute atomic E-state index is 5.05. The molecule has 0 aliphatic carbocycles.